The van der Waals surface area contributed by atoms with E-state index in [-0.39, 0.29) is 12.0 Å². The van der Waals surface area contributed by atoms with Gasteiger partial charge in [0.25, 0.3) is 5.91 Å². The summed E-state index contributed by atoms with van der Waals surface area (Å²) in [6.07, 6.45) is 3.61. The number of ether oxygens (including phenoxy) is 1. The molecule has 4 heteroatoms. The SMILES string of the molecule is CC(Oc1ccc(/C=C2\C(=O)Nc3ccccc32)cc1)c1ccnc2ccccc12. The lowest BCUT2D eigenvalue weighted by atomic mass is 10.0. The summed E-state index contributed by atoms with van der Waals surface area (Å²) in [7, 11) is 0. The molecule has 1 aromatic heterocycles. The largest absolute Gasteiger partial charge is 0.486 e. The number of benzene rings is 3. The van der Waals surface area contributed by atoms with Gasteiger partial charge in [-0.1, -0.05) is 48.5 Å². The van der Waals surface area contributed by atoms with Crippen LogP contribution in [0.4, 0.5) is 5.69 Å². The van der Waals surface area contributed by atoms with Crippen molar-refractivity contribution in [3.63, 3.8) is 0 Å². The minimum atomic E-state index is -0.116. The van der Waals surface area contributed by atoms with E-state index in [0.29, 0.717) is 5.57 Å². The molecule has 4 aromatic rings. The van der Waals surface area contributed by atoms with Gasteiger partial charge in [-0.05, 0) is 48.9 Å². The van der Waals surface area contributed by atoms with Crippen molar-refractivity contribution in [3.8, 4) is 5.75 Å². The lowest BCUT2D eigenvalue weighted by Crippen LogP contribution is -2.04. The Morgan fingerprint density at radius 2 is 1.70 bits per heavy atom. The first-order valence-electron chi connectivity index (χ1n) is 9.92. The van der Waals surface area contributed by atoms with E-state index in [2.05, 4.69) is 16.4 Å². The van der Waals surface area contributed by atoms with Gasteiger partial charge >= 0.3 is 0 Å². The van der Waals surface area contributed by atoms with E-state index in [4.69, 9.17) is 4.74 Å². The van der Waals surface area contributed by atoms with Crippen molar-refractivity contribution in [2.75, 3.05) is 5.32 Å². The summed E-state index contributed by atoms with van der Waals surface area (Å²) in [5, 5.41) is 4.00. The Morgan fingerprint density at radius 3 is 2.57 bits per heavy atom. The summed E-state index contributed by atoms with van der Waals surface area (Å²) in [5.74, 6) is 0.705. The molecule has 1 amide bonds. The van der Waals surface area contributed by atoms with Crippen LogP contribution in [0.25, 0.3) is 22.6 Å². The number of anilines is 1. The van der Waals surface area contributed by atoms with E-state index < -0.39 is 0 Å². The molecule has 2 heterocycles. The van der Waals surface area contributed by atoms with Gasteiger partial charge in [-0.2, -0.15) is 0 Å². The highest BCUT2D eigenvalue weighted by Gasteiger charge is 2.23. The Labute approximate surface area is 174 Å². The van der Waals surface area contributed by atoms with E-state index in [1.807, 2.05) is 92.0 Å². The molecule has 1 atom stereocenters. The van der Waals surface area contributed by atoms with Crippen molar-refractivity contribution >= 4 is 34.1 Å². The van der Waals surface area contributed by atoms with E-state index in [1.165, 1.54) is 0 Å². The number of pyridine rings is 1. The number of hydrogen-bond acceptors (Lipinski definition) is 3. The lowest BCUT2D eigenvalue weighted by Gasteiger charge is -2.17. The van der Waals surface area contributed by atoms with Gasteiger partial charge in [-0.3, -0.25) is 9.78 Å². The molecule has 5 rings (SSSR count). The van der Waals surface area contributed by atoms with Crippen LogP contribution < -0.4 is 10.1 Å². The second kappa shape index (κ2) is 7.48. The molecule has 4 nitrogen and oxygen atoms in total. The number of carbonyl (C=O) groups is 1. The lowest BCUT2D eigenvalue weighted by molar-refractivity contribution is -0.110. The van der Waals surface area contributed by atoms with Gasteiger partial charge in [-0.15, -0.1) is 0 Å². The van der Waals surface area contributed by atoms with Gasteiger partial charge in [-0.25, -0.2) is 0 Å². The van der Waals surface area contributed by atoms with Crippen LogP contribution in [0.5, 0.6) is 5.75 Å². The van der Waals surface area contributed by atoms with Gasteiger partial charge in [0.15, 0.2) is 0 Å². The van der Waals surface area contributed by atoms with Crippen LogP contribution in [-0.4, -0.2) is 10.9 Å². The van der Waals surface area contributed by atoms with E-state index in [9.17, 15) is 4.79 Å². The van der Waals surface area contributed by atoms with Gasteiger partial charge < -0.3 is 10.1 Å². The summed E-state index contributed by atoms with van der Waals surface area (Å²) in [6.45, 7) is 2.04. The molecular weight excluding hydrogens is 372 g/mol. The number of nitrogens with one attached hydrogen (secondary N) is 1. The van der Waals surface area contributed by atoms with Crippen molar-refractivity contribution in [2.45, 2.75) is 13.0 Å². The van der Waals surface area contributed by atoms with Crippen molar-refractivity contribution in [2.24, 2.45) is 0 Å². The van der Waals surface area contributed by atoms with Crippen LogP contribution in [0.1, 0.15) is 29.7 Å². The number of carbonyl (C=O) groups excluding carboxylic acids is 1. The highest BCUT2D eigenvalue weighted by molar-refractivity contribution is 6.34. The third kappa shape index (κ3) is 3.33. The van der Waals surface area contributed by atoms with E-state index in [1.54, 1.807) is 0 Å². The van der Waals surface area contributed by atoms with Gasteiger partial charge in [0.05, 0.1) is 5.52 Å². The van der Waals surface area contributed by atoms with E-state index in [0.717, 1.165) is 39.0 Å². The summed E-state index contributed by atoms with van der Waals surface area (Å²) in [4.78, 5) is 16.7. The molecule has 0 fully saturated rings. The maximum atomic E-state index is 12.3. The standard InChI is InChI=1S/C26H20N2O2/c1-17(20-14-15-27-24-8-4-2-6-21(20)24)30-19-12-10-18(11-13-19)16-23-22-7-3-5-9-25(22)28-26(23)29/h2-17H,1H3,(H,28,29)/b23-16-. The van der Waals surface area contributed by atoms with Crippen molar-refractivity contribution in [1.29, 1.82) is 0 Å². The molecule has 1 aliphatic rings. The fourth-order valence-electron chi connectivity index (χ4n) is 3.83. The number of aromatic nitrogens is 1. The molecule has 0 bridgehead atoms. The normalized spacial score (nSPS) is 15.1. The average Bonchev–Trinajstić information content (AvgIpc) is 3.09. The smallest absolute Gasteiger partial charge is 0.256 e. The Morgan fingerprint density at radius 1 is 0.933 bits per heavy atom. The third-order valence-electron chi connectivity index (χ3n) is 5.33. The molecule has 1 N–H and O–H groups in total. The van der Waals surface area contributed by atoms with Crippen molar-refractivity contribution in [3.05, 3.63) is 102 Å². The summed E-state index contributed by atoms with van der Waals surface area (Å²) >= 11 is 0. The van der Waals surface area contributed by atoms with Gasteiger partial charge in [0.1, 0.15) is 11.9 Å². The van der Waals surface area contributed by atoms with Crippen LogP contribution in [-0.2, 0) is 4.79 Å². The second-order valence-corrected chi connectivity index (χ2v) is 7.30. The van der Waals surface area contributed by atoms with Crippen molar-refractivity contribution in [1.82, 2.24) is 4.98 Å². The fraction of sp³-hybridized carbons (Fsp3) is 0.0769. The first-order chi connectivity index (χ1) is 14.7. The maximum Gasteiger partial charge on any atom is 0.256 e. The fourth-order valence-corrected chi connectivity index (χ4v) is 3.83. The monoisotopic (exact) mass is 392 g/mol. The Balaban J connectivity index is 1.37. The highest BCUT2D eigenvalue weighted by atomic mass is 16.5. The molecule has 0 radical (unpaired) electrons. The minimum Gasteiger partial charge on any atom is -0.486 e. The van der Waals surface area contributed by atoms with Crippen LogP contribution in [0.3, 0.4) is 0 Å². The molecule has 0 saturated carbocycles. The van der Waals surface area contributed by atoms with Crippen LogP contribution in [0.15, 0.2) is 85.1 Å². The molecule has 146 valence electrons. The minimum absolute atomic E-state index is 0.0743. The average molecular weight is 392 g/mol. The number of nitrogens with zero attached hydrogens (tertiary/aromatic N) is 1. The summed E-state index contributed by atoms with van der Waals surface area (Å²) in [5.41, 5.74) is 5.48. The van der Waals surface area contributed by atoms with Gasteiger partial charge in [0.2, 0.25) is 0 Å². The predicted molar refractivity (Wildman–Crippen MR) is 120 cm³/mol. The third-order valence-corrected chi connectivity index (χ3v) is 5.33. The number of hydrogen-bond donors (Lipinski definition) is 1. The Kier molecular flexibility index (Phi) is 4.52. The highest BCUT2D eigenvalue weighted by Crippen LogP contribution is 2.33. The molecule has 0 spiro atoms. The second-order valence-electron chi connectivity index (χ2n) is 7.30. The number of fused-ring (bicyclic) bond motifs is 2. The Hall–Kier alpha value is -3.92. The molecule has 1 unspecified atom stereocenters. The summed E-state index contributed by atoms with van der Waals surface area (Å²) < 4.78 is 6.18. The van der Waals surface area contributed by atoms with Crippen molar-refractivity contribution < 1.29 is 9.53 Å². The molecular formula is C26H20N2O2. The molecule has 3 aromatic carbocycles. The summed E-state index contributed by atoms with van der Waals surface area (Å²) in [6, 6.07) is 25.6. The molecule has 0 aliphatic carbocycles. The zero-order valence-electron chi connectivity index (χ0n) is 16.5. The predicted octanol–water partition coefficient (Wildman–Crippen LogP) is 5.87. The van der Waals surface area contributed by atoms with Crippen LogP contribution >= 0.6 is 0 Å². The van der Waals surface area contributed by atoms with Crippen LogP contribution in [0.2, 0.25) is 0 Å². The topological polar surface area (TPSA) is 51.2 Å². The maximum absolute atomic E-state index is 12.3. The molecule has 1 aliphatic heterocycles. The number of amides is 1. The number of para-hydroxylation sites is 2. The molecule has 0 saturated heterocycles. The first-order valence-corrected chi connectivity index (χ1v) is 9.92. The zero-order valence-corrected chi connectivity index (χ0v) is 16.5. The van der Waals surface area contributed by atoms with E-state index >= 15 is 0 Å². The molecule has 30 heavy (non-hydrogen) atoms. The number of rotatable bonds is 4. The first kappa shape index (κ1) is 18.1. The quantitative estimate of drug-likeness (QED) is 0.442. The Bertz CT molecular complexity index is 1270. The zero-order chi connectivity index (χ0) is 20.5. The van der Waals surface area contributed by atoms with Gasteiger partial charge in [0, 0.05) is 34.0 Å². The van der Waals surface area contributed by atoms with Crippen LogP contribution in [0, 0.1) is 0 Å².